The van der Waals surface area contributed by atoms with E-state index in [1.54, 1.807) is 0 Å². The minimum atomic E-state index is -0.271. The maximum absolute atomic E-state index is 8.16. The van der Waals surface area contributed by atoms with Gasteiger partial charge in [-0.3, -0.25) is 0 Å². The van der Waals surface area contributed by atoms with Crippen molar-refractivity contribution in [1.29, 1.82) is 0 Å². The Morgan fingerprint density at radius 3 is 0.973 bits per heavy atom. The summed E-state index contributed by atoms with van der Waals surface area (Å²) < 4.78 is 8.16. The summed E-state index contributed by atoms with van der Waals surface area (Å²) in [4.78, 5) is 10.4. The van der Waals surface area contributed by atoms with Crippen LogP contribution in [0.5, 0.6) is 11.5 Å². The van der Waals surface area contributed by atoms with Crippen molar-refractivity contribution < 1.29 is 4.74 Å². The smallest absolute Gasteiger partial charge is 0.256 e. The Morgan fingerprint density at radius 1 is 0.173 bits per heavy atom. The maximum Gasteiger partial charge on any atom is 0.256 e. The topological polar surface area (TPSA) is 22.2 Å². The lowest BCUT2D eigenvalue weighted by Gasteiger charge is -2.51. The predicted octanol–water partition coefficient (Wildman–Crippen LogP) is 20.5. The Hall–Kier alpha value is -14.1. The summed E-state index contributed by atoms with van der Waals surface area (Å²) in [5.74, 6) is 1.64. The van der Waals surface area contributed by atoms with Gasteiger partial charge in [0.15, 0.2) is 0 Å². The van der Waals surface area contributed by atoms with Crippen molar-refractivity contribution in [3.05, 3.63) is 394 Å². The Balaban J connectivity index is 0.836. The van der Waals surface area contributed by atoms with Gasteiger partial charge in [-0.15, -0.1) is 0 Å². The molecule has 0 aliphatic carbocycles. The van der Waals surface area contributed by atoms with Crippen molar-refractivity contribution in [3.63, 3.8) is 0 Å². The molecule has 5 nitrogen and oxygen atoms in total. The summed E-state index contributed by atoms with van der Waals surface area (Å²) >= 11 is 0. The Bertz CT molecular complexity index is 6420. The van der Waals surface area contributed by atoms with Crippen LogP contribution in [0.1, 0.15) is 0 Å². The van der Waals surface area contributed by atoms with Gasteiger partial charge in [-0.1, -0.05) is 297 Å². The van der Waals surface area contributed by atoms with Crippen LogP contribution in [0, 0.1) is 0 Å². The highest BCUT2D eigenvalue weighted by Crippen LogP contribution is 2.55. The molecule has 6 aliphatic heterocycles. The summed E-state index contributed by atoms with van der Waals surface area (Å²) in [7, 11) is 0. The summed E-state index contributed by atoms with van der Waals surface area (Å²) in [6.07, 6.45) is 0. The molecule has 8 heteroatoms. The van der Waals surface area contributed by atoms with Gasteiger partial charge < -0.3 is 24.3 Å². The molecule has 0 saturated heterocycles. The lowest BCUT2D eigenvalue weighted by atomic mass is 9.28. The van der Waals surface area contributed by atoms with Crippen LogP contribution >= 0.6 is 0 Å². The van der Waals surface area contributed by atoms with Crippen LogP contribution in [0.3, 0.4) is 0 Å². The molecule has 110 heavy (non-hydrogen) atoms. The number of para-hydroxylation sites is 6. The van der Waals surface area contributed by atoms with Gasteiger partial charge in [-0.05, 0) is 207 Å². The third-order valence-electron chi connectivity index (χ3n) is 23.8. The molecule has 0 radical (unpaired) electrons. The molecule has 508 valence electrons. The van der Waals surface area contributed by atoms with E-state index in [0.717, 1.165) is 146 Å². The summed E-state index contributed by atoms with van der Waals surface area (Å²) in [5.41, 5.74) is 40.4. The third kappa shape index (κ3) is 9.52. The number of fused-ring (bicyclic) bond motifs is 14. The average molecular weight is 1400 g/mol. The van der Waals surface area contributed by atoms with Crippen LogP contribution in [0.2, 0.25) is 0 Å². The van der Waals surface area contributed by atoms with E-state index in [-0.39, 0.29) is 20.1 Å². The van der Waals surface area contributed by atoms with Gasteiger partial charge in [0.1, 0.15) is 11.5 Å². The van der Waals surface area contributed by atoms with Crippen molar-refractivity contribution in [2.24, 2.45) is 0 Å². The van der Waals surface area contributed by atoms with Gasteiger partial charge >= 0.3 is 0 Å². The van der Waals surface area contributed by atoms with Gasteiger partial charge in [0.2, 0.25) is 0 Å². The lowest BCUT2D eigenvalue weighted by Crippen LogP contribution is -2.69. The molecule has 0 unspecified atom stereocenters. The summed E-state index contributed by atoms with van der Waals surface area (Å²) in [6, 6.07) is 147. The van der Waals surface area contributed by atoms with E-state index in [2.05, 4.69) is 414 Å². The number of rotatable bonds is 10. The second-order valence-electron chi connectivity index (χ2n) is 29.7. The van der Waals surface area contributed by atoms with E-state index >= 15 is 0 Å². The highest BCUT2D eigenvalue weighted by molar-refractivity contribution is 7.05. The second-order valence-corrected chi connectivity index (χ2v) is 29.7. The molecule has 6 aliphatic rings. The van der Waals surface area contributed by atoms with Crippen LogP contribution in [-0.4, -0.2) is 20.1 Å². The lowest BCUT2D eigenvalue weighted by molar-refractivity contribution is 0.488. The molecule has 17 aromatic rings. The fourth-order valence-corrected chi connectivity index (χ4v) is 19.2. The SMILES string of the molecule is c1ccc(-c2cc(-c3ccccc3)cc(-c3cc4c5c(c3)N(c3cc(-c6ccccc6)cc(-c6ccccc6)c3)c3ccccc3B5c3cc5c(cc3O4)N(c3c(-c4ccccc4)cccc3-c3ccccc3)c3cc4c6c7c3B5c3ccccc3N7c3ccccc3B6c3ccccc3N4c3ccccc3)c2)cc1. The van der Waals surface area contributed by atoms with Gasteiger partial charge in [-0.2, -0.15) is 0 Å². The van der Waals surface area contributed by atoms with E-state index in [4.69, 9.17) is 4.74 Å². The number of ether oxygens (including phenoxy) is 1. The molecule has 0 N–H and O–H groups in total. The predicted molar refractivity (Wildman–Crippen MR) is 464 cm³/mol. The fraction of sp³-hybridized carbons (Fsp3) is 0. The van der Waals surface area contributed by atoms with Crippen molar-refractivity contribution >= 4 is 138 Å². The van der Waals surface area contributed by atoms with Crippen LogP contribution in [0.4, 0.5) is 68.2 Å². The van der Waals surface area contributed by atoms with Crippen molar-refractivity contribution in [2.45, 2.75) is 0 Å². The molecular formula is C102H65B3N4O. The Morgan fingerprint density at radius 2 is 0.509 bits per heavy atom. The van der Waals surface area contributed by atoms with Crippen LogP contribution in [-0.2, 0) is 0 Å². The standard InChI is InChI=1S/C102H65B3N4O/c1-8-31-66(32-9-1)72-55-73(67-33-10-2-11-34-67)57-74(56-72)77-61-93-98-97(62-77)110-96-65-92-86(63-87(96)105(98)83-48-23-27-52-89(83)107(93)79-59-75(68-35-12-3-13-36-68)58-76(60-79)69-37-14-4-15-38-69)104-85-50-25-29-54-91(85)108-90-53-28-24-49-84(90)103-82-47-22-26-51-88(82)106(78-43-20-7-21-44-78)94-64-95(100(104)102(108)99(94)103)109(92)101-80(70-39-16-5-17-40-70)45-30-46-81(101)71-41-18-6-19-42-71/h1-65H. The van der Waals surface area contributed by atoms with Gasteiger partial charge in [-0.25, -0.2) is 0 Å². The summed E-state index contributed by atoms with van der Waals surface area (Å²) in [6.45, 7) is -0.585. The van der Waals surface area contributed by atoms with E-state index in [1.165, 1.54) is 61.0 Å². The normalized spacial score (nSPS) is 13.2. The van der Waals surface area contributed by atoms with Crippen LogP contribution in [0.25, 0.3) is 77.9 Å². The zero-order chi connectivity index (χ0) is 72.1. The van der Waals surface area contributed by atoms with Crippen LogP contribution in [0.15, 0.2) is 394 Å². The number of anilines is 12. The first kappa shape index (κ1) is 62.2. The van der Waals surface area contributed by atoms with E-state index in [0.29, 0.717) is 0 Å². The van der Waals surface area contributed by atoms with Gasteiger partial charge in [0.05, 0.1) is 5.69 Å². The summed E-state index contributed by atoms with van der Waals surface area (Å²) in [5, 5.41) is 0. The Kier molecular flexibility index (Phi) is 14.0. The molecule has 0 bridgehead atoms. The second kappa shape index (κ2) is 24.8. The molecule has 0 aromatic heterocycles. The van der Waals surface area contributed by atoms with Gasteiger partial charge in [0, 0.05) is 79.8 Å². The number of hydrogen-bond donors (Lipinski definition) is 0. The Labute approximate surface area is 641 Å². The van der Waals surface area contributed by atoms with E-state index < -0.39 is 0 Å². The average Bonchev–Trinajstić information content (AvgIpc) is 0.665. The van der Waals surface area contributed by atoms with Gasteiger partial charge in [0.25, 0.3) is 20.1 Å². The highest BCUT2D eigenvalue weighted by Gasteiger charge is 2.53. The monoisotopic (exact) mass is 1390 g/mol. The molecule has 17 aromatic carbocycles. The zero-order valence-electron chi connectivity index (χ0n) is 60.0. The minimum Gasteiger partial charge on any atom is -0.458 e. The molecule has 0 saturated carbocycles. The molecule has 0 spiro atoms. The highest BCUT2D eigenvalue weighted by atomic mass is 16.5. The number of hydrogen-bond acceptors (Lipinski definition) is 5. The molecule has 0 amide bonds. The molecule has 0 atom stereocenters. The molecule has 23 rings (SSSR count). The van der Waals surface area contributed by atoms with E-state index in [9.17, 15) is 0 Å². The van der Waals surface area contributed by atoms with Crippen molar-refractivity contribution in [1.82, 2.24) is 0 Å². The van der Waals surface area contributed by atoms with Crippen LogP contribution < -0.4 is 73.5 Å². The maximum atomic E-state index is 8.16. The minimum absolute atomic E-state index is 0.0764. The first-order valence-corrected chi connectivity index (χ1v) is 38.2. The quantitative estimate of drug-likeness (QED) is 0.127. The largest absolute Gasteiger partial charge is 0.458 e. The van der Waals surface area contributed by atoms with E-state index in [1.807, 2.05) is 0 Å². The molecule has 6 heterocycles. The third-order valence-corrected chi connectivity index (χ3v) is 23.8. The molecular weight excluding hydrogens is 1330 g/mol. The van der Waals surface area contributed by atoms with Crippen molar-refractivity contribution in [2.75, 3.05) is 19.6 Å². The fourth-order valence-electron chi connectivity index (χ4n) is 19.2. The number of nitrogens with zero attached hydrogens (tertiary/aromatic N) is 4. The first-order chi connectivity index (χ1) is 54.6. The van der Waals surface area contributed by atoms with Crippen molar-refractivity contribution in [3.8, 4) is 89.4 Å². The zero-order valence-corrected chi connectivity index (χ0v) is 60.0. The molecule has 0 fully saturated rings. The number of benzene rings is 17. The first-order valence-electron chi connectivity index (χ1n) is 38.2.